The molecule has 3 nitrogen and oxygen atoms in total. The Morgan fingerprint density at radius 1 is 1.09 bits per heavy atom. The molecule has 0 saturated carbocycles. The molecule has 0 aliphatic heterocycles. The average molecular weight is 308 g/mol. The Morgan fingerprint density at radius 2 is 1.87 bits per heavy atom. The highest BCUT2D eigenvalue weighted by Gasteiger charge is 2.11. The lowest BCUT2D eigenvalue weighted by Crippen LogP contribution is -2.14. The number of nitrogens with zero attached hydrogens (tertiary/aromatic N) is 1. The van der Waals surface area contributed by atoms with E-state index in [1.807, 2.05) is 18.2 Å². The molecule has 0 aliphatic carbocycles. The SMILES string of the molecule is Cc1cc(OCc2ccccc2)c2c(CCN(C)C)c[nH]c2c1. The lowest BCUT2D eigenvalue weighted by molar-refractivity contribution is 0.309. The first-order valence-corrected chi connectivity index (χ1v) is 8.05. The van der Waals surface area contributed by atoms with E-state index in [4.69, 9.17) is 4.74 Å². The molecule has 0 spiro atoms. The first-order chi connectivity index (χ1) is 11.1. The average Bonchev–Trinajstić information content (AvgIpc) is 2.94. The van der Waals surface area contributed by atoms with Crippen LogP contribution in [0.15, 0.2) is 48.7 Å². The first-order valence-electron chi connectivity index (χ1n) is 8.05. The smallest absolute Gasteiger partial charge is 0.129 e. The molecular formula is C20H24N2O. The van der Waals surface area contributed by atoms with Crippen LogP contribution in [0.25, 0.3) is 10.9 Å². The quantitative estimate of drug-likeness (QED) is 0.740. The zero-order chi connectivity index (χ0) is 16.2. The summed E-state index contributed by atoms with van der Waals surface area (Å²) in [6, 6.07) is 14.6. The lowest BCUT2D eigenvalue weighted by Gasteiger charge is -2.12. The van der Waals surface area contributed by atoms with E-state index in [1.54, 1.807) is 0 Å². The highest BCUT2D eigenvalue weighted by molar-refractivity contribution is 5.90. The van der Waals surface area contributed by atoms with Crippen LogP contribution in [0.5, 0.6) is 5.75 Å². The van der Waals surface area contributed by atoms with Gasteiger partial charge in [0.15, 0.2) is 0 Å². The number of ether oxygens (including phenoxy) is 1. The van der Waals surface area contributed by atoms with E-state index in [1.165, 1.54) is 22.1 Å². The molecule has 0 unspecified atom stereocenters. The maximum Gasteiger partial charge on any atom is 0.129 e. The van der Waals surface area contributed by atoms with Gasteiger partial charge in [0.25, 0.3) is 0 Å². The summed E-state index contributed by atoms with van der Waals surface area (Å²) >= 11 is 0. The fraction of sp³-hybridized carbons (Fsp3) is 0.300. The third kappa shape index (κ3) is 3.74. The summed E-state index contributed by atoms with van der Waals surface area (Å²) in [4.78, 5) is 5.60. The largest absolute Gasteiger partial charge is 0.488 e. The molecule has 0 saturated heterocycles. The molecular weight excluding hydrogens is 284 g/mol. The molecule has 120 valence electrons. The molecule has 1 N–H and O–H groups in total. The van der Waals surface area contributed by atoms with Crippen LogP contribution in [-0.2, 0) is 13.0 Å². The van der Waals surface area contributed by atoms with E-state index >= 15 is 0 Å². The van der Waals surface area contributed by atoms with Crippen molar-refractivity contribution in [3.63, 3.8) is 0 Å². The summed E-state index contributed by atoms with van der Waals surface area (Å²) in [6.07, 6.45) is 3.13. The summed E-state index contributed by atoms with van der Waals surface area (Å²) in [5, 5.41) is 1.22. The Bertz CT molecular complexity index is 775. The topological polar surface area (TPSA) is 28.3 Å². The standard InChI is InChI=1S/C20H24N2O/c1-15-11-18-20(17(13-21-18)9-10-22(2)3)19(12-15)23-14-16-7-5-4-6-8-16/h4-8,11-13,21H,9-10,14H2,1-3H3. The van der Waals surface area contributed by atoms with Crippen molar-refractivity contribution in [3.05, 3.63) is 65.4 Å². The zero-order valence-corrected chi connectivity index (χ0v) is 14.1. The van der Waals surface area contributed by atoms with Crippen molar-refractivity contribution in [2.45, 2.75) is 20.0 Å². The van der Waals surface area contributed by atoms with E-state index in [9.17, 15) is 0 Å². The van der Waals surface area contributed by atoms with Gasteiger partial charge >= 0.3 is 0 Å². The number of hydrogen-bond donors (Lipinski definition) is 1. The number of aromatic nitrogens is 1. The Labute approximate surface area is 137 Å². The summed E-state index contributed by atoms with van der Waals surface area (Å²) in [7, 11) is 4.21. The maximum absolute atomic E-state index is 6.16. The Balaban J connectivity index is 1.89. The molecule has 2 aromatic carbocycles. The molecule has 0 amide bonds. The number of hydrogen-bond acceptors (Lipinski definition) is 2. The minimum atomic E-state index is 0.595. The van der Waals surface area contributed by atoms with Crippen LogP contribution in [0.3, 0.4) is 0 Å². The summed E-state index contributed by atoms with van der Waals surface area (Å²) in [5.41, 5.74) is 4.87. The predicted octanol–water partition coefficient (Wildman–Crippen LogP) is 4.16. The first kappa shape index (κ1) is 15.6. The summed E-state index contributed by atoms with van der Waals surface area (Å²) in [6.45, 7) is 3.73. The highest BCUT2D eigenvalue weighted by atomic mass is 16.5. The number of fused-ring (bicyclic) bond motifs is 1. The van der Waals surface area contributed by atoms with Gasteiger partial charge in [-0.2, -0.15) is 0 Å². The zero-order valence-electron chi connectivity index (χ0n) is 14.1. The number of H-pyrrole nitrogens is 1. The van der Waals surface area contributed by atoms with Gasteiger partial charge in [-0.25, -0.2) is 0 Å². The highest BCUT2D eigenvalue weighted by Crippen LogP contribution is 2.31. The third-order valence-corrected chi connectivity index (χ3v) is 4.04. The normalized spacial score (nSPS) is 11.3. The van der Waals surface area contributed by atoms with Gasteiger partial charge in [0, 0.05) is 23.6 Å². The van der Waals surface area contributed by atoms with Crippen molar-refractivity contribution in [2.24, 2.45) is 0 Å². The lowest BCUT2D eigenvalue weighted by atomic mass is 10.1. The van der Waals surface area contributed by atoms with Crippen molar-refractivity contribution >= 4 is 10.9 Å². The molecule has 0 fully saturated rings. The van der Waals surface area contributed by atoms with Crippen molar-refractivity contribution in [1.29, 1.82) is 0 Å². The Morgan fingerprint density at radius 3 is 2.61 bits per heavy atom. The van der Waals surface area contributed by atoms with E-state index in [0.29, 0.717) is 6.61 Å². The van der Waals surface area contributed by atoms with Crippen LogP contribution in [-0.4, -0.2) is 30.5 Å². The van der Waals surface area contributed by atoms with Crippen molar-refractivity contribution in [1.82, 2.24) is 9.88 Å². The van der Waals surface area contributed by atoms with Gasteiger partial charge in [-0.05, 0) is 56.3 Å². The number of nitrogens with one attached hydrogen (secondary N) is 1. The second-order valence-corrected chi connectivity index (χ2v) is 6.33. The molecule has 23 heavy (non-hydrogen) atoms. The van der Waals surface area contributed by atoms with E-state index < -0.39 is 0 Å². The summed E-state index contributed by atoms with van der Waals surface area (Å²) in [5.74, 6) is 0.971. The molecule has 3 heteroatoms. The van der Waals surface area contributed by atoms with E-state index in [2.05, 4.69) is 61.4 Å². The van der Waals surface area contributed by atoms with Gasteiger partial charge in [0.1, 0.15) is 12.4 Å². The van der Waals surface area contributed by atoms with Gasteiger partial charge in [-0.15, -0.1) is 0 Å². The molecule has 0 aliphatic rings. The maximum atomic E-state index is 6.16. The molecule has 0 bridgehead atoms. The fourth-order valence-corrected chi connectivity index (χ4v) is 2.83. The number of aromatic amines is 1. The molecule has 0 atom stereocenters. The van der Waals surface area contributed by atoms with Crippen LogP contribution in [0.4, 0.5) is 0 Å². The van der Waals surface area contributed by atoms with Crippen LogP contribution < -0.4 is 4.74 Å². The molecule has 3 aromatic rings. The number of aryl methyl sites for hydroxylation is 1. The number of rotatable bonds is 6. The Kier molecular flexibility index (Phi) is 4.68. The summed E-state index contributed by atoms with van der Waals surface area (Å²) < 4.78 is 6.16. The molecule has 1 aromatic heterocycles. The van der Waals surface area contributed by atoms with Crippen LogP contribution in [0.1, 0.15) is 16.7 Å². The number of likely N-dealkylation sites (N-methyl/N-ethyl adjacent to an activating group) is 1. The minimum Gasteiger partial charge on any atom is -0.488 e. The van der Waals surface area contributed by atoms with Crippen molar-refractivity contribution in [3.8, 4) is 5.75 Å². The minimum absolute atomic E-state index is 0.595. The van der Waals surface area contributed by atoms with Crippen LogP contribution in [0.2, 0.25) is 0 Å². The molecule has 3 rings (SSSR count). The van der Waals surface area contributed by atoms with E-state index in [-0.39, 0.29) is 0 Å². The van der Waals surface area contributed by atoms with Gasteiger partial charge in [0.05, 0.1) is 0 Å². The van der Waals surface area contributed by atoms with Crippen LogP contribution in [0, 0.1) is 6.92 Å². The van der Waals surface area contributed by atoms with E-state index in [0.717, 1.165) is 24.2 Å². The fourth-order valence-electron chi connectivity index (χ4n) is 2.83. The predicted molar refractivity (Wildman–Crippen MR) is 96.1 cm³/mol. The van der Waals surface area contributed by atoms with Gasteiger partial charge in [0.2, 0.25) is 0 Å². The van der Waals surface area contributed by atoms with Crippen LogP contribution >= 0.6 is 0 Å². The molecule has 0 radical (unpaired) electrons. The monoisotopic (exact) mass is 308 g/mol. The Hall–Kier alpha value is -2.26. The number of benzene rings is 2. The van der Waals surface area contributed by atoms with Gasteiger partial charge in [-0.3, -0.25) is 0 Å². The molecule has 1 heterocycles. The van der Waals surface area contributed by atoms with Gasteiger partial charge in [-0.1, -0.05) is 30.3 Å². The third-order valence-electron chi connectivity index (χ3n) is 4.04. The second-order valence-electron chi connectivity index (χ2n) is 6.33. The van der Waals surface area contributed by atoms with Crippen molar-refractivity contribution < 1.29 is 4.74 Å². The van der Waals surface area contributed by atoms with Gasteiger partial charge < -0.3 is 14.6 Å². The van der Waals surface area contributed by atoms with Crippen molar-refractivity contribution in [2.75, 3.05) is 20.6 Å². The second kappa shape index (κ2) is 6.88.